The van der Waals surface area contributed by atoms with E-state index < -0.39 is 39.9 Å². The molecule has 0 bridgehead atoms. The van der Waals surface area contributed by atoms with E-state index in [1.807, 2.05) is 13.8 Å². The first-order valence-corrected chi connectivity index (χ1v) is 12.1. The number of hydrogen-bond acceptors (Lipinski definition) is 8. The number of aliphatic imine (C=N–C) groups is 1. The fraction of sp³-hybridized carbons (Fsp3) is 0.458. The molecule has 0 spiro atoms. The number of amides is 1. The van der Waals surface area contributed by atoms with Gasteiger partial charge in [0.2, 0.25) is 0 Å². The van der Waals surface area contributed by atoms with Gasteiger partial charge in [0.25, 0.3) is 12.3 Å². The van der Waals surface area contributed by atoms with E-state index in [2.05, 4.69) is 15.6 Å². The number of nitrogens with two attached hydrogens (primary N) is 2. The first-order valence-electron chi connectivity index (χ1n) is 11.3. The number of benzene rings is 1. The Morgan fingerprint density at radius 3 is 2.53 bits per heavy atom. The molecule has 0 aliphatic carbocycles. The van der Waals surface area contributed by atoms with Gasteiger partial charge < -0.3 is 26.8 Å². The van der Waals surface area contributed by atoms with Crippen LogP contribution in [0.2, 0.25) is 0 Å². The number of ether oxygens (including phenoxy) is 1. The Morgan fingerprint density at radius 2 is 1.94 bits per heavy atom. The van der Waals surface area contributed by atoms with Crippen LogP contribution in [0.1, 0.15) is 43.2 Å². The summed E-state index contributed by atoms with van der Waals surface area (Å²) < 4.78 is 44.3. The van der Waals surface area contributed by atoms with Crippen molar-refractivity contribution >= 4 is 29.2 Å². The normalized spacial score (nSPS) is 23.3. The van der Waals surface area contributed by atoms with Crippen LogP contribution in [0.4, 0.5) is 18.9 Å². The average Bonchev–Trinajstić information content (AvgIpc) is 2.82. The highest BCUT2D eigenvalue weighted by molar-refractivity contribution is 8.02. The lowest BCUT2D eigenvalue weighted by molar-refractivity contribution is 0.0816. The molecule has 1 aromatic heterocycles. The third kappa shape index (κ3) is 5.45. The molecule has 0 unspecified atom stereocenters. The number of amidine groups is 1. The molecule has 2 atom stereocenters. The van der Waals surface area contributed by atoms with Crippen LogP contribution in [-0.2, 0) is 5.54 Å². The van der Waals surface area contributed by atoms with Crippen LogP contribution < -0.4 is 26.8 Å². The van der Waals surface area contributed by atoms with Gasteiger partial charge in [-0.15, -0.1) is 11.8 Å². The molecule has 0 saturated heterocycles. The standard InChI is InChI=1S/C24H31F3N6O2S/c1-22(2)21(29)33-23(3,24(30-4,36-22)9-10-28)16-11-14(5-7-17(16)25)32-20(34)18-8-6-15(12-31-18)35-13-19(26)27/h5-8,11-12,19,30H,9-10,13,28H2,1-4H3,(H2,29,33)(H,32,34)/t23-,24+/m1/s1. The molecule has 3 rings (SSSR count). The molecule has 1 aliphatic heterocycles. The van der Waals surface area contributed by atoms with Crippen molar-refractivity contribution in [1.29, 1.82) is 0 Å². The SMILES string of the molecule is CN[C@@]1(CCN)SC(C)(C)C(N)=N[C@]1(C)c1cc(NC(=O)c2ccc(OCC(F)F)cn2)ccc1F. The lowest BCUT2D eigenvalue weighted by Gasteiger charge is -2.53. The maximum Gasteiger partial charge on any atom is 0.274 e. The highest BCUT2D eigenvalue weighted by Gasteiger charge is 2.56. The van der Waals surface area contributed by atoms with Crippen molar-refractivity contribution in [2.24, 2.45) is 16.5 Å². The molecule has 12 heteroatoms. The minimum atomic E-state index is -2.62. The molecule has 0 radical (unpaired) electrons. The molecule has 1 aromatic carbocycles. The van der Waals surface area contributed by atoms with Gasteiger partial charge in [-0.1, -0.05) is 0 Å². The number of rotatable bonds is 9. The fourth-order valence-corrected chi connectivity index (χ4v) is 5.88. The van der Waals surface area contributed by atoms with Crippen LogP contribution in [0.3, 0.4) is 0 Å². The number of halogens is 3. The van der Waals surface area contributed by atoms with E-state index >= 15 is 4.39 Å². The monoisotopic (exact) mass is 524 g/mol. The highest BCUT2D eigenvalue weighted by Crippen LogP contribution is 2.54. The van der Waals surface area contributed by atoms with Gasteiger partial charge >= 0.3 is 0 Å². The first kappa shape index (κ1) is 27.8. The number of likely N-dealkylation sites (N-methyl/N-ethyl adjacent to an activating group) is 1. The summed E-state index contributed by atoms with van der Waals surface area (Å²) in [5.41, 5.74) is 11.7. The van der Waals surface area contributed by atoms with Crippen LogP contribution >= 0.6 is 11.8 Å². The van der Waals surface area contributed by atoms with Crippen LogP contribution in [0, 0.1) is 5.82 Å². The number of carbonyl (C=O) groups excluding carboxylic acids is 1. The molecule has 196 valence electrons. The minimum Gasteiger partial charge on any atom is -0.486 e. The number of anilines is 1. The Kier molecular flexibility index (Phi) is 8.21. The second-order valence-electron chi connectivity index (χ2n) is 9.03. The summed E-state index contributed by atoms with van der Waals surface area (Å²) in [5.74, 6) is -0.602. The van der Waals surface area contributed by atoms with Crippen molar-refractivity contribution in [3.05, 3.63) is 53.6 Å². The maximum absolute atomic E-state index is 15.3. The zero-order valence-electron chi connectivity index (χ0n) is 20.6. The zero-order chi connectivity index (χ0) is 26.7. The molecular weight excluding hydrogens is 493 g/mol. The summed E-state index contributed by atoms with van der Waals surface area (Å²) in [4.78, 5) is 20.7. The van der Waals surface area contributed by atoms with E-state index in [9.17, 15) is 13.6 Å². The smallest absolute Gasteiger partial charge is 0.274 e. The lowest BCUT2D eigenvalue weighted by atomic mass is 9.81. The van der Waals surface area contributed by atoms with Crippen molar-refractivity contribution in [2.45, 2.75) is 48.8 Å². The minimum absolute atomic E-state index is 0.0291. The van der Waals surface area contributed by atoms with Gasteiger partial charge in [0.05, 0.1) is 15.8 Å². The van der Waals surface area contributed by atoms with Gasteiger partial charge in [-0.05, 0) is 71.1 Å². The highest BCUT2D eigenvalue weighted by atomic mass is 32.2. The summed E-state index contributed by atoms with van der Waals surface area (Å²) in [6.07, 6.45) is -0.964. The molecule has 0 saturated carbocycles. The van der Waals surface area contributed by atoms with Crippen LogP contribution in [-0.4, -0.2) is 53.0 Å². The Bertz CT molecular complexity index is 1130. The molecule has 2 aromatic rings. The number of pyridine rings is 1. The van der Waals surface area contributed by atoms with Crippen molar-refractivity contribution in [3.8, 4) is 5.75 Å². The second-order valence-corrected chi connectivity index (χ2v) is 10.9. The largest absolute Gasteiger partial charge is 0.486 e. The van der Waals surface area contributed by atoms with E-state index in [1.165, 1.54) is 48.3 Å². The van der Waals surface area contributed by atoms with E-state index in [0.717, 1.165) is 0 Å². The van der Waals surface area contributed by atoms with Gasteiger partial charge in [0, 0.05) is 11.3 Å². The molecule has 6 N–H and O–H groups in total. The molecule has 36 heavy (non-hydrogen) atoms. The molecule has 1 amide bonds. The number of carbonyl (C=O) groups is 1. The summed E-state index contributed by atoms with van der Waals surface area (Å²) in [5, 5.41) is 6.01. The van der Waals surface area contributed by atoms with Crippen molar-refractivity contribution < 1.29 is 22.7 Å². The number of hydrogen-bond donors (Lipinski definition) is 4. The number of aromatic nitrogens is 1. The Balaban J connectivity index is 1.94. The third-order valence-electron chi connectivity index (χ3n) is 6.17. The fourth-order valence-electron chi connectivity index (χ4n) is 4.18. The second kappa shape index (κ2) is 10.7. The van der Waals surface area contributed by atoms with Crippen LogP contribution in [0.15, 0.2) is 41.5 Å². The topological polar surface area (TPSA) is 128 Å². The van der Waals surface area contributed by atoms with E-state index in [1.54, 1.807) is 14.0 Å². The summed E-state index contributed by atoms with van der Waals surface area (Å²) in [6.45, 7) is 5.24. The molecule has 2 heterocycles. The van der Waals surface area contributed by atoms with Gasteiger partial charge in [0.15, 0.2) is 0 Å². The molecular formula is C24H31F3N6O2S. The van der Waals surface area contributed by atoms with E-state index in [4.69, 9.17) is 21.2 Å². The maximum atomic E-state index is 15.3. The van der Waals surface area contributed by atoms with Gasteiger partial charge in [-0.25, -0.2) is 18.2 Å². The number of nitrogens with zero attached hydrogens (tertiary/aromatic N) is 2. The van der Waals surface area contributed by atoms with Crippen LogP contribution in [0.25, 0.3) is 0 Å². The molecule has 1 aliphatic rings. The number of alkyl halides is 2. The number of thioether (sulfide) groups is 1. The summed E-state index contributed by atoms with van der Waals surface area (Å²) in [6, 6.07) is 6.92. The van der Waals surface area contributed by atoms with E-state index in [-0.39, 0.29) is 17.0 Å². The Morgan fingerprint density at radius 1 is 1.22 bits per heavy atom. The summed E-state index contributed by atoms with van der Waals surface area (Å²) >= 11 is 1.53. The Labute approximate surface area is 212 Å². The van der Waals surface area contributed by atoms with Crippen molar-refractivity contribution in [3.63, 3.8) is 0 Å². The molecule has 8 nitrogen and oxygen atoms in total. The third-order valence-corrected chi connectivity index (χ3v) is 8.04. The quantitative estimate of drug-likeness (QED) is 0.395. The zero-order valence-corrected chi connectivity index (χ0v) is 21.4. The van der Waals surface area contributed by atoms with Gasteiger partial charge in [0.1, 0.15) is 35.2 Å². The van der Waals surface area contributed by atoms with Gasteiger partial charge in [-0.3, -0.25) is 9.79 Å². The van der Waals surface area contributed by atoms with Crippen molar-refractivity contribution in [1.82, 2.24) is 10.3 Å². The van der Waals surface area contributed by atoms with Crippen LogP contribution in [0.5, 0.6) is 5.75 Å². The van der Waals surface area contributed by atoms with Gasteiger partial charge in [-0.2, -0.15) is 0 Å². The van der Waals surface area contributed by atoms with E-state index in [0.29, 0.717) is 24.5 Å². The summed E-state index contributed by atoms with van der Waals surface area (Å²) in [7, 11) is 1.78. The first-order chi connectivity index (χ1) is 16.9. The van der Waals surface area contributed by atoms with Crippen molar-refractivity contribution in [2.75, 3.05) is 25.5 Å². The lowest BCUT2D eigenvalue weighted by Crippen LogP contribution is -2.63. The number of nitrogens with one attached hydrogen (secondary N) is 2. The molecule has 0 fully saturated rings. The Hall–Kier alpha value is -2.83. The average molecular weight is 525 g/mol. The predicted molar refractivity (Wildman–Crippen MR) is 136 cm³/mol. The predicted octanol–water partition coefficient (Wildman–Crippen LogP) is 3.48.